The second-order valence-corrected chi connectivity index (χ2v) is 4.40. The summed E-state index contributed by atoms with van der Waals surface area (Å²) in [5.41, 5.74) is 0.798. The molecule has 0 aliphatic heterocycles. The molecule has 0 spiro atoms. The number of hydrogen-bond donors (Lipinski definition) is 5. The van der Waals surface area contributed by atoms with Gasteiger partial charge in [-0.25, -0.2) is 4.79 Å². The van der Waals surface area contributed by atoms with Crippen LogP contribution in [0.2, 0.25) is 0 Å². The van der Waals surface area contributed by atoms with E-state index in [-0.39, 0.29) is 5.56 Å². The van der Waals surface area contributed by atoms with Crippen molar-refractivity contribution in [2.75, 3.05) is 0 Å². The molecule has 0 aromatic heterocycles. The zero-order valence-corrected chi connectivity index (χ0v) is 11.0. The van der Waals surface area contributed by atoms with Crippen LogP contribution < -0.4 is 0 Å². The van der Waals surface area contributed by atoms with E-state index in [0.29, 0.717) is 0 Å². The number of aliphatic hydroxyl groups excluding tert-OH is 4. The van der Waals surface area contributed by atoms with Gasteiger partial charge in [0.2, 0.25) is 0 Å². The Hall–Kier alpha value is -2.06. The monoisotopic (exact) mass is 296 g/mol. The lowest BCUT2D eigenvalue weighted by atomic mass is 9.96. The fourth-order valence-corrected chi connectivity index (χ4v) is 1.63. The van der Waals surface area contributed by atoms with Crippen LogP contribution in [0.15, 0.2) is 30.8 Å². The zero-order chi connectivity index (χ0) is 16.2. The predicted molar refractivity (Wildman–Crippen MR) is 72.5 cm³/mol. The first kappa shape index (κ1) is 17.0. The van der Waals surface area contributed by atoms with E-state index in [0.717, 1.165) is 5.56 Å². The summed E-state index contributed by atoms with van der Waals surface area (Å²) in [4.78, 5) is 22.4. The molecular weight excluding hydrogens is 280 g/mol. The molecule has 0 aliphatic rings. The number of carbonyl (C=O) groups excluding carboxylic acids is 1. The molecule has 0 radical (unpaired) electrons. The quantitative estimate of drug-likeness (QED) is 0.409. The summed E-state index contributed by atoms with van der Waals surface area (Å²) in [6.45, 7) is 3.54. The minimum atomic E-state index is -2.31. The van der Waals surface area contributed by atoms with Gasteiger partial charge in [0.15, 0.2) is 11.9 Å². The van der Waals surface area contributed by atoms with Gasteiger partial charge in [-0.3, -0.25) is 4.79 Å². The third-order valence-corrected chi connectivity index (χ3v) is 2.95. The van der Waals surface area contributed by atoms with Crippen LogP contribution in [0.3, 0.4) is 0 Å². The van der Waals surface area contributed by atoms with Gasteiger partial charge in [0.1, 0.15) is 18.3 Å². The molecule has 1 aromatic carbocycles. The molecule has 0 amide bonds. The minimum Gasteiger partial charge on any atom is -0.479 e. The SMILES string of the molecule is C=Cc1ccc(C(=O)[C@H](O)[C@@H](O)[C@H](O)[C@H](O)C(=O)O)cc1. The maximum absolute atomic E-state index is 11.9. The van der Waals surface area contributed by atoms with Crippen molar-refractivity contribution in [3.63, 3.8) is 0 Å². The van der Waals surface area contributed by atoms with E-state index in [9.17, 15) is 24.9 Å². The first-order valence-electron chi connectivity index (χ1n) is 6.01. The molecular formula is C14H16O7. The number of rotatable bonds is 7. The molecule has 4 atom stereocenters. The van der Waals surface area contributed by atoms with E-state index in [1.54, 1.807) is 18.2 Å². The summed E-state index contributed by atoms with van der Waals surface area (Å²) in [7, 11) is 0. The predicted octanol–water partition coefficient (Wildman–Crippen LogP) is -0.960. The lowest BCUT2D eigenvalue weighted by molar-refractivity contribution is -0.161. The van der Waals surface area contributed by atoms with Crippen LogP contribution in [0.5, 0.6) is 0 Å². The van der Waals surface area contributed by atoms with Crippen molar-refractivity contribution in [3.05, 3.63) is 42.0 Å². The van der Waals surface area contributed by atoms with E-state index in [2.05, 4.69) is 6.58 Å². The van der Waals surface area contributed by atoms with Crippen molar-refractivity contribution in [2.45, 2.75) is 24.4 Å². The topological polar surface area (TPSA) is 135 Å². The van der Waals surface area contributed by atoms with E-state index >= 15 is 0 Å². The van der Waals surface area contributed by atoms with Gasteiger partial charge in [-0.15, -0.1) is 0 Å². The molecule has 1 aromatic rings. The summed E-state index contributed by atoms with van der Waals surface area (Å²) >= 11 is 0. The van der Waals surface area contributed by atoms with E-state index < -0.39 is 36.2 Å². The number of benzene rings is 1. The number of carbonyl (C=O) groups is 2. The highest BCUT2D eigenvalue weighted by atomic mass is 16.4. The molecule has 0 saturated heterocycles. The molecule has 114 valence electrons. The number of carboxylic acid groups (broad SMARTS) is 1. The van der Waals surface area contributed by atoms with Crippen molar-refractivity contribution in [1.29, 1.82) is 0 Å². The molecule has 1 rings (SSSR count). The van der Waals surface area contributed by atoms with E-state index in [1.807, 2.05) is 0 Å². The summed E-state index contributed by atoms with van der Waals surface area (Å²) in [5, 5.41) is 46.3. The molecule has 7 nitrogen and oxygen atoms in total. The summed E-state index contributed by atoms with van der Waals surface area (Å²) in [5.74, 6) is -2.69. The fourth-order valence-electron chi connectivity index (χ4n) is 1.63. The van der Waals surface area contributed by atoms with Crippen molar-refractivity contribution >= 4 is 17.8 Å². The van der Waals surface area contributed by atoms with Gasteiger partial charge in [-0.2, -0.15) is 0 Å². The highest BCUT2D eigenvalue weighted by Gasteiger charge is 2.37. The van der Waals surface area contributed by atoms with Crippen LogP contribution in [0.1, 0.15) is 15.9 Å². The number of Topliss-reactive ketones (excluding diaryl/α,β-unsaturated/α-hetero) is 1. The van der Waals surface area contributed by atoms with E-state index in [1.165, 1.54) is 12.1 Å². The molecule has 0 saturated carbocycles. The van der Waals surface area contributed by atoms with Crippen LogP contribution in [0.4, 0.5) is 0 Å². The Morgan fingerprint density at radius 1 is 0.952 bits per heavy atom. The number of carboxylic acids is 1. The van der Waals surface area contributed by atoms with Gasteiger partial charge in [0.05, 0.1) is 0 Å². The van der Waals surface area contributed by atoms with Gasteiger partial charge in [0.25, 0.3) is 0 Å². The molecule has 0 aliphatic carbocycles. The molecule has 0 fully saturated rings. The Kier molecular flexibility index (Phi) is 5.74. The Labute approximate surface area is 120 Å². The van der Waals surface area contributed by atoms with Gasteiger partial charge in [-0.05, 0) is 5.56 Å². The second-order valence-electron chi connectivity index (χ2n) is 4.40. The Morgan fingerprint density at radius 3 is 1.86 bits per heavy atom. The minimum absolute atomic E-state index is 0.0594. The summed E-state index contributed by atoms with van der Waals surface area (Å²) in [6.07, 6.45) is -7.17. The van der Waals surface area contributed by atoms with Crippen molar-refractivity contribution in [2.24, 2.45) is 0 Å². The standard InChI is InChI=1S/C14H16O7/c1-2-7-3-5-8(6-4-7)9(15)10(16)11(17)12(18)13(19)14(20)21/h2-6,10-13,16-19H,1H2,(H,20,21)/t10-,11+,12-,13-/m0/s1. The molecule has 0 heterocycles. The molecule has 21 heavy (non-hydrogen) atoms. The van der Waals surface area contributed by atoms with E-state index in [4.69, 9.17) is 10.2 Å². The maximum Gasteiger partial charge on any atom is 0.335 e. The highest BCUT2D eigenvalue weighted by Crippen LogP contribution is 2.13. The van der Waals surface area contributed by atoms with Crippen molar-refractivity contribution in [3.8, 4) is 0 Å². The van der Waals surface area contributed by atoms with Gasteiger partial charge >= 0.3 is 5.97 Å². The summed E-state index contributed by atoms with van der Waals surface area (Å²) < 4.78 is 0. The molecule has 0 bridgehead atoms. The normalized spacial score (nSPS) is 16.6. The van der Waals surface area contributed by atoms with Crippen molar-refractivity contribution < 1.29 is 35.1 Å². The molecule has 7 heteroatoms. The number of aliphatic hydroxyl groups is 4. The molecule has 0 unspecified atom stereocenters. The Bertz CT molecular complexity index is 523. The van der Waals surface area contributed by atoms with Crippen LogP contribution in [-0.4, -0.2) is 61.7 Å². The van der Waals surface area contributed by atoms with Crippen LogP contribution >= 0.6 is 0 Å². The summed E-state index contributed by atoms with van der Waals surface area (Å²) in [6, 6.07) is 5.88. The van der Waals surface area contributed by atoms with Crippen molar-refractivity contribution in [1.82, 2.24) is 0 Å². The van der Waals surface area contributed by atoms with Crippen LogP contribution in [0, 0.1) is 0 Å². The first-order valence-corrected chi connectivity index (χ1v) is 6.01. The maximum atomic E-state index is 11.9. The smallest absolute Gasteiger partial charge is 0.335 e. The Balaban J connectivity index is 2.85. The van der Waals surface area contributed by atoms with Crippen LogP contribution in [0.25, 0.3) is 6.08 Å². The average Bonchev–Trinajstić information content (AvgIpc) is 2.51. The highest BCUT2D eigenvalue weighted by molar-refractivity contribution is 5.99. The van der Waals surface area contributed by atoms with Gasteiger partial charge in [-0.1, -0.05) is 36.9 Å². The lowest BCUT2D eigenvalue weighted by Crippen LogP contribution is -2.50. The lowest BCUT2D eigenvalue weighted by Gasteiger charge is -2.23. The Morgan fingerprint density at radius 2 is 1.43 bits per heavy atom. The van der Waals surface area contributed by atoms with Gasteiger partial charge < -0.3 is 25.5 Å². The van der Waals surface area contributed by atoms with Gasteiger partial charge in [0, 0.05) is 5.56 Å². The molecule has 5 N–H and O–H groups in total. The first-order chi connectivity index (χ1) is 9.79. The third-order valence-electron chi connectivity index (χ3n) is 2.95. The number of ketones is 1. The zero-order valence-electron chi connectivity index (χ0n) is 11.0. The fraction of sp³-hybridized carbons (Fsp3) is 0.286. The average molecular weight is 296 g/mol. The second kappa shape index (κ2) is 7.09. The third kappa shape index (κ3) is 3.96. The van der Waals surface area contributed by atoms with Crippen LogP contribution in [-0.2, 0) is 4.79 Å². The number of aliphatic carboxylic acids is 1. The largest absolute Gasteiger partial charge is 0.479 e. The number of hydrogen-bond acceptors (Lipinski definition) is 6.